The van der Waals surface area contributed by atoms with Crippen LogP contribution >= 0.6 is 0 Å². The highest BCUT2D eigenvalue weighted by atomic mass is 16.5. The molecule has 2 amide bonds. The molecule has 30 heavy (non-hydrogen) atoms. The van der Waals surface area contributed by atoms with Gasteiger partial charge in [0.15, 0.2) is 13.2 Å². The number of nitrogens with zero attached hydrogens (tertiary/aromatic N) is 1. The highest BCUT2D eigenvalue weighted by Crippen LogP contribution is 2.13. The maximum absolute atomic E-state index is 12.1. The van der Waals surface area contributed by atoms with Gasteiger partial charge in [0, 0.05) is 0 Å². The van der Waals surface area contributed by atoms with Gasteiger partial charge in [0.1, 0.15) is 23.1 Å². The standard InChI is InChI=1S/C23H23N3O4/c1-16-6-10-18(11-7-16)29-14-22(27)25-20-4-3-5-21(24-20)26-23(28)15-30-19-12-8-17(2)9-13-19/h3-13H,14-15H2,1-2H3,(H2,24,25,26,27,28). The van der Waals surface area contributed by atoms with Crippen LogP contribution in [0.15, 0.2) is 66.7 Å². The minimum atomic E-state index is -0.353. The summed E-state index contributed by atoms with van der Waals surface area (Å²) in [7, 11) is 0. The van der Waals surface area contributed by atoms with Crippen molar-refractivity contribution in [3.63, 3.8) is 0 Å². The third-order valence-electron chi connectivity index (χ3n) is 4.07. The number of carbonyl (C=O) groups is 2. The van der Waals surface area contributed by atoms with E-state index in [0.29, 0.717) is 23.1 Å². The largest absolute Gasteiger partial charge is 0.484 e. The van der Waals surface area contributed by atoms with E-state index in [2.05, 4.69) is 15.6 Å². The monoisotopic (exact) mass is 405 g/mol. The number of ether oxygens (including phenoxy) is 2. The maximum atomic E-state index is 12.1. The molecule has 1 heterocycles. The molecule has 0 bridgehead atoms. The van der Waals surface area contributed by atoms with E-state index in [1.165, 1.54) is 0 Å². The molecule has 2 aromatic carbocycles. The molecule has 7 heteroatoms. The van der Waals surface area contributed by atoms with Crippen molar-refractivity contribution in [2.45, 2.75) is 13.8 Å². The Balaban J connectivity index is 1.47. The summed E-state index contributed by atoms with van der Waals surface area (Å²) >= 11 is 0. The first kappa shape index (κ1) is 20.9. The average molecular weight is 405 g/mol. The highest BCUT2D eigenvalue weighted by Gasteiger charge is 2.08. The Morgan fingerprint density at radius 2 is 1.10 bits per heavy atom. The second kappa shape index (κ2) is 10.1. The molecular weight excluding hydrogens is 382 g/mol. The molecule has 0 radical (unpaired) electrons. The van der Waals surface area contributed by atoms with Gasteiger partial charge >= 0.3 is 0 Å². The van der Waals surface area contributed by atoms with Crippen molar-refractivity contribution in [1.29, 1.82) is 0 Å². The van der Waals surface area contributed by atoms with Crippen molar-refractivity contribution < 1.29 is 19.1 Å². The summed E-state index contributed by atoms with van der Waals surface area (Å²) < 4.78 is 10.9. The zero-order chi connectivity index (χ0) is 21.3. The minimum Gasteiger partial charge on any atom is -0.484 e. The summed E-state index contributed by atoms with van der Waals surface area (Å²) in [6, 6.07) is 19.8. The van der Waals surface area contributed by atoms with Gasteiger partial charge < -0.3 is 20.1 Å². The molecule has 0 saturated heterocycles. The van der Waals surface area contributed by atoms with Crippen molar-refractivity contribution in [1.82, 2.24) is 4.98 Å². The van der Waals surface area contributed by atoms with Crippen molar-refractivity contribution >= 4 is 23.5 Å². The number of benzene rings is 2. The summed E-state index contributed by atoms with van der Waals surface area (Å²) in [5.41, 5.74) is 2.22. The molecule has 0 atom stereocenters. The predicted octanol–water partition coefficient (Wildman–Crippen LogP) is 3.73. The van der Waals surface area contributed by atoms with Crippen LogP contribution in [0.5, 0.6) is 11.5 Å². The normalized spacial score (nSPS) is 10.2. The first-order valence-corrected chi connectivity index (χ1v) is 9.43. The summed E-state index contributed by atoms with van der Waals surface area (Å²) in [5.74, 6) is 1.13. The molecule has 7 nitrogen and oxygen atoms in total. The lowest BCUT2D eigenvalue weighted by molar-refractivity contribution is -0.118. The van der Waals surface area contributed by atoms with Crippen LogP contribution in [0.3, 0.4) is 0 Å². The molecule has 0 fully saturated rings. The Morgan fingerprint density at radius 1 is 0.700 bits per heavy atom. The summed E-state index contributed by atoms with van der Waals surface area (Å²) in [6.07, 6.45) is 0. The van der Waals surface area contributed by atoms with Crippen LogP contribution < -0.4 is 20.1 Å². The van der Waals surface area contributed by atoms with Gasteiger partial charge in [-0.05, 0) is 50.2 Å². The fourth-order valence-corrected chi connectivity index (χ4v) is 2.50. The number of hydrogen-bond acceptors (Lipinski definition) is 5. The van der Waals surface area contributed by atoms with Gasteiger partial charge in [-0.2, -0.15) is 0 Å². The lowest BCUT2D eigenvalue weighted by atomic mass is 10.2. The quantitative estimate of drug-likeness (QED) is 0.596. The smallest absolute Gasteiger partial charge is 0.263 e. The van der Waals surface area contributed by atoms with E-state index in [4.69, 9.17) is 9.47 Å². The lowest BCUT2D eigenvalue weighted by Gasteiger charge is -2.10. The topological polar surface area (TPSA) is 89.6 Å². The van der Waals surface area contributed by atoms with Gasteiger partial charge in [-0.15, -0.1) is 0 Å². The van der Waals surface area contributed by atoms with Crippen molar-refractivity contribution in [2.24, 2.45) is 0 Å². The highest BCUT2D eigenvalue weighted by molar-refractivity contribution is 5.93. The molecule has 0 aliphatic heterocycles. The van der Waals surface area contributed by atoms with E-state index < -0.39 is 0 Å². The van der Waals surface area contributed by atoms with E-state index in [0.717, 1.165) is 11.1 Å². The fraction of sp³-hybridized carbons (Fsp3) is 0.174. The van der Waals surface area contributed by atoms with E-state index >= 15 is 0 Å². The van der Waals surface area contributed by atoms with Crippen molar-refractivity contribution in [3.05, 3.63) is 77.9 Å². The number of rotatable bonds is 8. The molecule has 1 aromatic heterocycles. The SMILES string of the molecule is Cc1ccc(OCC(=O)Nc2cccc(NC(=O)COc3ccc(C)cc3)n2)cc1. The molecule has 0 saturated carbocycles. The number of nitrogens with one attached hydrogen (secondary N) is 2. The maximum Gasteiger partial charge on any atom is 0.263 e. The van der Waals surface area contributed by atoms with Gasteiger partial charge in [0.2, 0.25) is 0 Å². The van der Waals surface area contributed by atoms with Crippen LogP contribution in [0.2, 0.25) is 0 Å². The molecule has 0 unspecified atom stereocenters. The number of anilines is 2. The zero-order valence-electron chi connectivity index (χ0n) is 16.8. The summed E-state index contributed by atoms with van der Waals surface area (Å²) in [5, 5.41) is 5.29. The second-order valence-corrected chi connectivity index (χ2v) is 6.71. The van der Waals surface area contributed by atoms with Crippen molar-refractivity contribution in [2.75, 3.05) is 23.8 Å². The molecule has 2 N–H and O–H groups in total. The number of carbonyl (C=O) groups excluding carboxylic acids is 2. The molecular formula is C23H23N3O4. The van der Waals surface area contributed by atoms with Crippen LogP contribution in [-0.2, 0) is 9.59 Å². The Kier molecular flexibility index (Phi) is 7.00. The number of amides is 2. The van der Waals surface area contributed by atoms with Crippen LogP contribution in [0, 0.1) is 13.8 Å². The number of hydrogen-bond donors (Lipinski definition) is 2. The lowest BCUT2D eigenvalue weighted by Crippen LogP contribution is -2.22. The van der Waals surface area contributed by atoms with E-state index in [9.17, 15) is 9.59 Å². The summed E-state index contributed by atoms with van der Waals surface area (Å²) in [6.45, 7) is 3.66. The molecule has 0 aliphatic rings. The Hall–Kier alpha value is -3.87. The molecule has 0 aliphatic carbocycles. The van der Waals surface area contributed by atoms with Crippen LogP contribution in [-0.4, -0.2) is 30.0 Å². The Labute approximate surface area is 175 Å². The van der Waals surface area contributed by atoms with Crippen molar-refractivity contribution in [3.8, 4) is 11.5 Å². The third-order valence-corrected chi connectivity index (χ3v) is 4.07. The average Bonchev–Trinajstić information content (AvgIpc) is 2.73. The van der Waals surface area contributed by atoms with E-state index in [-0.39, 0.29) is 25.0 Å². The van der Waals surface area contributed by atoms with Crippen LogP contribution in [0.1, 0.15) is 11.1 Å². The third kappa shape index (κ3) is 6.63. The fourth-order valence-electron chi connectivity index (χ4n) is 2.50. The van der Waals surface area contributed by atoms with Gasteiger partial charge in [-0.25, -0.2) is 4.98 Å². The first-order chi connectivity index (χ1) is 14.5. The van der Waals surface area contributed by atoms with E-state index in [1.807, 2.05) is 38.1 Å². The minimum absolute atomic E-state index is 0.147. The first-order valence-electron chi connectivity index (χ1n) is 9.43. The summed E-state index contributed by atoms with van der Waals surface area (Å²) in [4.78, 5) is 28.4. The Morgan fingerprint density at radius 3 is 1.50 bits per heavy atom. The Bertz CT molecular complexity index is 923. The predicted molar refractivity (Wildman–Crippen MR) is 115 cm³/mol. The van der Waals surface area contributed by atoms with Gasteiger partial charge in [0.25, 0.3) is 11.8 Å². The number of aromatic nitrogens is 1. The molecule has 3 rings (SSSR count). The molecule has 154 valence electrons. The zero-order valence-corrected chi connectivity index (χ0v) is 16.8. The van der Waals surface area contributed by atoms with Crippen LogP contribution in [0.25, 0.3) is 0 Å². The van der Waals surface area contributed by atoms with Gasteiger partial charge in [-0.3, -0.25) is 9.59 Å². The van der Waals surface area contributed by atoms with Crippen LogP contribution in [0.4, 0.5) is 11.6 Å². The van der Waals surface area contributed by atoms with Gasteiger partial charge in [0.05, 0.1) is 0 Å². The van der Waals surface area contributed by atoms with E-state index in [1.54, 1.807) is 42.5 Å². The number of aryl methyl sites for hydroxylation is 2. The second-order valence-electron chi connectivity index (χ2n) is 6.71. The molecule has 0 spiro atoms. The molecule has 3 aromatic rings. The van der Waals surface area contributed by atoms with Gasteiger partial charge in [-0.1, -0.05) is 41.5 Å². The number of pyridine rings is 1.